The van der Waals surface area contributed by atoms with Gasteiger partial charge in [0.1, 0.15) is 5.75 Å². The number of hydrogen-bond acceptors (Lipinski definition) is 4. The Balaban J connectivity index is 1.75. The standard InChI is InChI=1S/C19H22N2O3S/c1-4-24-15-9-11(2)5-8-14(15)20-19(23)17-12(3)10-16(25-17)21-18(22)13-6-7-13/h5,8-10,13H,4,6-7H2,1-3H3,(H,20,23)(H,21,22). The van der Waals surface area contributed by atoms with Crippen molar-refractivity contribution in [3.63, 3.8) is 0 Å². The highest BCUT2D eigenvalue weighted by Crippen LogP contribution is 2.33. The largest absolute Gasteiger partial charge is 0.492 e. The monoisotopic (exact) mass is 358 g/mol. The number of aryl methyl sites for hydroxylation is 2. The number of nitrogens with one attached hydrogen (secondary N) is 2. The van der Waals surface area contributed by atoms with Crippen LogP contribution in [0.25, 0.3) is 0 Å². The van der Waals surface area contributed by atoms with Crippen LogP contribution in [-0.2, 0) is 4.79 Å². The first-order chi connectivity index (χ1) is 12.0. The molecule has 1 fully saturated rings. The molecule has 1 aliphatic carbocycles. The van der Waals surface area contributed by atoms with E-state index >= 15 is 0 Å². The Bertz CT molecular complexity index is 809. The fourth-order valence-corrected chi connectivity index (χ4v) is 3.50. The fourth-order valence-electron chi connectivity index (χ4n) is 2.52. The van der Waals surface area contributed by atoms with Gasteiger partial charge < -0.3 is 15.4 Å². The van der Waals surface area contributed by atoms with Gasteiger partial charge in [-0.2, -0.15) is 0 Å². The van der Waals surface area contributed by atoms with E-state index < -0.39 is 0 Å². The minimum absolute atomic E-state index is 0.0466. The molecule has 2 amide bonds. The molecule has 0 atom stereocenters. The van der Waals surface area contributed by atoms with Gasteiger partial charge in [0.2, 0.25) is 5.91 Å². The van der Waals surface area contributed by atoms with Crippen LogP contribution >= 0.6 is 11.3 Å². The van der Waals surface area contributed by atoms with E-state index in [1.807, 2.05) is 45.0 Å². The second kappa shape index (κ2) is 7.27. The lowest BCUT2D eigenvalue weighted by Crippen LogP contribution is -2.13. The highest BCUT2D eigenvalue weighted by Gasteiger charge is 2.30. The molecule has 1 aromatic carbocycles. The Morgan fingerprint density at radius 1 is 1.20 bits per heavy atom. The third kappa shape index (κ3) is 4.20. The molecule has 2 aromatic rings. The minimum Gasteiger partial charge on any atom is -0.492 e. The van der Waals surface area contributed by atoms with Crippen LogP contribution in [-0.4, -0.2) is 18.4 Å². The van der Waals surface area contributed by atoms with Gasteiger partial charge in [-0.05, 0) is 62.9 Å². The van der Waals surface area contributed by atoms with Crippen LogP contribution in [0.2, 0.25) is 0 Å². The van der Waals surface area contributed by atoms with Crippen LogP contribution < -0.4 is 15.4 Å². The first-order valence-corrected chi connectivity index (χ1v) is 9.25. The molecule has 3 rings (SSSR count). The Hall–Kier alpha value is -2.34. The molecule has 0 radical (unpaired) electrons. The molecule has 1 aliphatic rings. The number of hydrogen-bond donors (Lipinski definition) is 2. The predicted octanol–water partition coefficient (Wildman–Crippen LogP) is 4.36. The van der Waals surface area contributed by atoms with E-state index in [-0.39, 0.29) is 17.7 Å². The Labute approximate surface area is 151 Å². The Kier molecular flexibility index (Phi) is 5.08. The number of rotatable bonds is 6. The average Bonchev–Trinajstić information content (AvgIpc) is 3.34. The van der Waals surface area contributed by atoms with Crippen molar-refractivity contribution in [2.45, 2.75) is 33.6 Å². The summed E-state index contributed by atoms with van der Waals surface area (Å²) in [4.78, 5) is 25.1. The smallest absolute Gasteiger partial charge is 0.266 e. The van der Waals surface area contributed by atoms with Crippen molar-refractivity contribution < 1.29 is 14.3 Å². The molecule has 1 heterocycles. The van der Waals surface area contributed by atoms with Crippen LogP contribution in [0.5, 0.6) is 5.75 Å². The maximum Gasteiger partial charge on any atom is 0.266 e. The molecule has 25 heavy (non-hydrogen) atoms. The molecule has 5 nitrogen and oxygen atoms in total. The van der Waals surface area contributed by atoms with Gasteiger partial charge in [0.05, 0.1) is 22.2 Å². The van der Waals surface area contributed by atoms with E-state index in [0.717, 1.165) is 24.0 Å². The van der Waals surface area contributed by atoms with Gasteiger partial charge in [0, 0.05) is 5.92 Å². The first kappa shape index (κ1) is 17.5. The summed E-state index contributed by atoms with van der Waals surface area (Å²) in [7, 11) is 0. The zero-order valence-electron chi connectivity index (χ0n) is 14.6. The third-order valence-corrected chi connectivity index (χ3v) is 5.16. The van der Waals surface area contributed by atoms with E-state index in [2.05, 4.69) is 10.6 Å². The van der Waals surface area contributed by atoms with Crippen LogP contribution in [0.15, 0.2) is 24.3 Å². The molecule has 6 heteroatoms. The van der Waals surface area contributed by atoms with Crippen molar-refractivity contribution in [3.8, 4) is 5.75 Å². The number of anilines is 2. The van der Waals surface area contributed by atoms with E-state index in [0.29, 0.717) is 27.9 Å². The van der Waals surface area contributed by atoms with Gasteiger partial charge in [-0.15, -0.1) is 11.3 Å². The maximum atomic E-state index is 12.7. The minimum atomic E-state index is -0.195. The molecular weight excluding hydrogens is 336 g/mol. The van der Waals surface area contributed by atoms with Crippen molar-refractivity contribution in [2.75, 3.05) is 17.2 Å². The van der Waals surface area contributed by atoms with Gasteiger partial charge in [0.25, 0.3) is 5.91 Å². The summed E-state index contributed by atoms with van der Waals surface area (Å²) in [5.74, 6) is 0.651. The quantitative estimate of drug-likeness (QED) is 0.806. The van der Waals surface area contributed by atoms with E-state index in [1.54, 1.807) is 0 Å². The lowest BCUT2D eigenvalue weighted by molar-refractivity contribution is -0.117. The summed E-state index contributed by atoms with van der Waals surface area (Å²) in [5.41, 5.74) is 2.56. The number of amides is 2. The van der Waals surface area contributed by atoms with Gasteiger partial charge in [0.15, 0.2) is 0 Å². The van der Waals surface area contributed by atoms with Crippen molar-refractivity contribution >= 4 is 33.8 Å². The number of carbonyl (C=O) groups excluding carboxylic acids is 2. The molecule has 2 N–H and O–H groups in total. The van der Waals surface area contributed by atoms with E-state index in [4.69, 9.17) is 4.74 Å². The number of thiophene rings is 1. The number of carbonyl (C=O) groups is 2. The lowest BCUT2D eigenvalue weighted by atomic mass is 10.2. The SMILES string of the molecule is CCOc1cc(C)ccc1NC(=O)c1sc(NC(=O)C2CC2)cc1C. The van der Waals surface area contributed by atoms with Gasteiger partial charge in [-0.1, -0.05) is 6.07 Å². The zero-order valence-corrected chi connectivity index (χ0v) is 15.5. The van der Waals surface area contributed by atoms with Gasteiger partial charge >= 0.3 is 0 Å². The average molecular weight is 358 g/mol. The van der Waals surface area contributed by atoms with E-state index in [1.165, 1.54) is 11.3 Å². The summed E-state index contributed by atoms with van der Waals surface area (Å²) in [5, 5.41) is 6.53. The van der Waals surface area contributed by atoms with Crippen LogP contribution in [0.3, 0.4) is 0 Å². The van der Waals surface area contributed by atoms with Crippen LogP contribution in [0.1, 0.15) is 40.6 Å². The molecule has 1 saturated carbocycles. The third-order valence-electron chi connectivity index (χ3n) is 4.00. The molecule has 0 saturated heterocycles. The van der Waals surface area contributed by atoms with Gasteiger partial charge in [-0.3, -0.25) is 9.59 Å². The van der Waals surface area contributed by atoms with Crippen molar-refractivity contribution in [1.82, 2.24) is 0 Å². The summed E-state index contributed by atoms with van der Waals surface area (Å²) >= 11 is 1.30. The second-order valence-electron chi connectivity index (χ2n) is 6.27. The molecule has 0 spiro atoms. The van der Waals surface area contributed by atoms with Crippen LogP contribution in [0, 0.1) is 19.8 Å². The van der Waals surface area contributed by atoms with E-state index in [9.17, 15) is 9.59 Å². The molecule has 0 bridgehead atoms. The summed E-state index contributed by atoms with van der Waals surface area (Å²) in [6, 6.07) is 7.53. The topological polar surface area (TPSA) is 67.4 Å². The molecule has 132 valence electrons. The highest BCUT2D eigenvalue weighted by atomic mass is 32.1. The normalized spacial score (nSPS) is 13.4. The summed E-state index contributed by atoms with van der Waals surface area (Å²) in [6.07, 6.45) is 1.91. The van der Waals surface area contributed by atoms with Crippen LogP contribution in [0.4, 0.5) is 10.7 Å². The predicted molar refractivity (Wildman–Crippen MR) is 101 cm³/mol. The first-order valence-electron chi connectivity index (χ1n) is 8.44. The number of ether oxygens (including phenoxy) is 1. The molecule has 0 unspecified atom stereocenters. The summed E-state index contributed by atoms with van der Waals surface area (Å²) < 4.78 is 5.61. The molecular formula is C19H22N2O3S. The second-order valence-corrected chi connectivity index (χ2v) is 7.33. The highest BCUT2D eigenvalue weighted by molar-refractivity contribution is 7.18. The molecule has 0 aliphatic heterocycles. The van der Waals surface area contributed by atoms with Gasteiger partial charge in [-0.25, -0.2) is 0 Å². The summed E-state index contributed by atoms with van der Waals surface area (Å²) in [6.45, 7) is 6.29. The number of benzene rings is 1. The molecule has 1 aromatic heterocycles. The zero-order chi connectivity index (χ0) is 18.0. The Morgan fingerprint density at radius 2 is 1.96 bits per heavy atom. The van der Waals surface area contributed by atoms with Crippen molar-refractivity contribution in [3.05, 3.63) is 40.3 Å². The Morgan fingerprint density at radius 3 is 2.64 bits per heavy atom. The van der Waals surface area contributed by atoms with Crippen molar-refractivity contribution in [2.24, 2.45) is 5.92 Å². The fraction of sp³-hybridized carbons (Fsp3) is 0.368. The lowest BCUT2D eigenvalue weighted by Gasteiger charge is -2.12. The van der Waals surface area contributed by atoms with Crippen molar-refractivity contribution in [1.29, 1.82) is 0 Å². The maximum absolute atomic E-state index is 12.7.